The van der Waals surface area contributed by atoms with Crippen molar-refractivity contribution in [3.05, 3.63) is 29.8 Å². The lowest BCUT2D eigenvalue weighted by Crippen LogP contribution is -2.53. The number of carbonyl (C=O) groups is 1. The fraction of sp³-hybridized carbons (Fsp3) is 0.385. The molecule has 0 spiro atoms. The van der Waals surface area contributed by atoms with E-state index in [0.29, 0.717) is 17.8 Å². The molecule has 1 heterocycles. The second kappa shape index (κ2) is 5.52. The van der Waals surface area contributed by atoms with Crippen LogP contribution in [0.2, 0.25) is 0 Å². The molecule has 1 aromatic carbocycles. The molecule has 94 valence electrons. The lowest BCUT2D eigenvalue weighted by Gasteiger charge is -2.33. The Labute approximate surface area is 106 Å². The van der Waals surface area contributed by atoms with Gasteiger partial charge in [-0.1, -0.05) is 6.07 Å². The van der Waals surface area contributed by atoms with E-state index in [1.165, 1.54) is 0 Å². The summed E-state index contributed by atoms with van der Waals surface area (Å²) in [5.74, 6) is 0. The van der Waals surface area contributed by atoms with Gasteiger partial charge in [-0.3, -0.25) is 0 Å². The smallest absolute Gasteiger partial charge is 0.319 e. The minimum Gasteiger partial charge on any atom is -0.319 e. The highest BCUT2D eigenvalue weighted by molar-refractivity contribution is 5.89. The molecule has 1 aliphatic heterocycles. The predicted octanol–water partition coefficient (Wildman–Crippen LogP) is 1.38. The summed E-state index contributed by atoms with van der Waals surface area (Å²) in [6.07, 6.45) is 0. The fourth-order valence-electron chi connectivity index (χ4n) is 2.00. The van der Waals surface area contributed by atoms with Gasteiger partial charge in [-0.25, -0.2) is 4.79 Å². The molecule has 1 atom stereocenters. The van der Waals surface area contributed by atoms with Gasteiger partial charge in [-0.15, -0.1) is 0 Å². The quantitative estimate of drug-likeness (QED) is 0.784. The number of rotatable bonds is 1. The zero-order valence-corrected chi connectivity index (χ0v) is 10.3. The lowest BCUT2D eigenvalue weighted by atomic mass is 10.2. The second-order valence-electron chi connectivity index (χ2n) is 4.37. The van der Waals surface area contributed by atoms with Crippen molar-refractivity contribution >= 4 is 11.7 Å². The number of anilines is 1. The molecule has 2 N–H and O–H groups in total. The maximum atomic E-state index is 12.1. The van der Waals surface area contributed by atoms with Gasteiger partial charge in [0.2, 0.25) is 0 Å². The van der Waals surface area contributed by atoms with Gasteiger partial charge in [-0.05, 0) is 25.1 Å². The highest BCUT2D eigenvalue weighted by Crippen LogP contribution is 2.12. The third-order valence-corrected chi connectivity index (χ3v) is 3.01. The van der Waals surface area contributed by atoms with Crippen LogP contribution in [0.3, 0.4) is 0 Å². The van der Waals surface area contributed by atoms with Crippen LogP contribution in [-0.2, 0) is 0 Å². The Bertz CT molecular complexity index is 480. The summed E-state index contributed by atoms with van der Waals surface area (Å²) in [5, 5.41) is 14.9. The molecule has 1 saturated heterocycles. The van der Waals surface area contributed by atoms with Crippen LogP contribution < -0.4 is 10.6 Å². The van der Waals surface area contributed by atoms with Gasteiger partial charge < -0.3 is 15.5 Å². The molecule has 0 saturated carbocycles. The van der Waals surface area contributed by atoms with Crippen molar-refractivity contribution in [1.82, 2.24) is 10.2 Å². The van der Waals surface area contributed by atoms with E-state index in [1.54, 1.807) is 29.2 Å². The Morgan fingerprint density at radius 3 is 3.17 bits per heavy atom. The normalized spacial score (nSPS) is 19.1. The highest BCUT2D eigenvalue weighted by Gasteiger charge is 2.22. The summed E-state index contributed by atoms with van der Waals surface area (Å²) in [5.41, 5.74) is 1.20. The molecule has 5 heteroatoms. The topological polar surface area (TPSA) is 68.2 Å². The molecule has 1 aliphatic rings. The molecular formula is C13H16N4O. The molecule has 0 unspecified atom stereocenters. The summed E-state index contributed by atoms with van der Waals surface area (Å²) >= 11 is 0. The second-order valence-corrected chi connectivity index (χ2v) is 4.37. The van der Waals surface area contributed by atoms with Crippen molar-refractivity contribution < 1.29 is 4.79 Å². The molecule has 2 rings (SSSR count). The van der Waals surface area contributed by atoms with Crippen LogP contribution in [0.5, 0.6) is 0 Å². The van der Waals surface area contributed by atoms with E-state index >= 15 is 0 Å². The molecular weight excluding hydrogens is 228 g/mol. The number of benzene rings is 1. The van der Waals surface area contributed by atoms with E-state index in [9.17, 15) is 4.79 Å². The van der Waals surface area contributed by atoms with Crippen LogP contribution in [0.1, 0.15) is 12.5 Å². The van der Waals surface area contributed by atoms with E-state index in [0.717, 1.165) is 13.1 Å². The number of hydrogen-bond donors (Lipinski definition) is 2. The van der Waals surface area contributed by atoms with Gasteiger partial charge in [0.05, 0.1) is 11.6 Å². The summed E-state index contributed by atoms with van der Waals surface area (Å²) in [6.45, 7) is 4.34. The molecule has 1 aromatic rings. The number of carbonyl (C=O) groups excluding carboxylic acids is 1. The van der Waals surface area contributed by atoms with E-state index < -0.39 is 0 Å². The minimum absolute atomic E-state index is 0.112. The van der Waals surface area contributed by atoms with Crippen LogP contribution in [-0.4, -0.2) is 36.6 Å². The largest absolute Gasteiger partial charge is 0.322 e. The van der Waals surface area contributed by atoms with Crippen LogP contribution >= 0.6 is 0 Å². The van der Waals surface area contributed by atoms with Crippen molar-refractivity contribution in [2.45, 2.75) is 13.0 Å². The number of nitrogens with zero attached hydrogens (tertiary/aromatic N) is 2. The first-order valence-corrected chi connectivity index (χ1v) is 5.99. The van der Waals surface area contributed by atoms with Crippen molar-refractivity contribution in [1.29, 1.82) is 5.26 Å². The molecule has 0 bridgehead atoms. The van der Waals surface area contributed by atoms with E-state index in [1.807, 2.05) is 6.92 Å². The molecule has 18 heavy (non-hydrogen) atoms. The van der Waals surface area contributed by atoms with E-state index in [-0.39, 0.29) is 12.1 Å². The van der Waals surface area contributed by atoms with Gasteiger partial charge in [0, 0.05) is 31.4 Å². The maximum absolute atomic E-state index is 12.1. The van der Waals surface area contributed by atoms with Gasteiger partial charge in [0.25, 0.3) is 0 Å². The van der Waals surface area contributed by atoms with Gasteiger partial charge in [0.15, 0.2) is 0 Å². The standard InChI is InChI=1S/C13H16N4O/c1-10-9-15-5-6-17(10)13(18)16-12-4-2-3-11(7-12)8-14/h2-4,7,10,15H,5-6,9H2,1H3,(H,16,18)/t10-/m1/s1. The predicted molar refractivity (Wildman–Crippen MR) is 69.2 cm³/mol. The highest BCUT2D eigenvalue weighted by atomic mass is 16.2. The van der Waals surface area contributed by atoms with Gasteiger partial charge in [-0.2, -0.15) is 5.26 Å². The van der Waals surface area contributed by atoms with Crippen LogP contribution in [0.15, 0.2) is 24.3 Å². The van der Waals surface area contributed by atoms with Crippen LogP contribution in [0.25, 0.3) is 0 Å². The number of urea groups is 1. The van der Waals surface area contributed by atoms with Crippen molar-refractivity contribution in [3.8, 4) is 6.07 Å². The zero-order valence-electron chi connectivity index (χ0n) is 10.3. The van der Waals surface area contributed by atoms with Gasteiger partial charge in [0.1, 0.15) is 0 Å². The van der Waals surface area contributed by atoms with Crippen LogP contribution in [0.4, 0.5) is 10.5 Å². The SMILES string of the molecule is C[C@@H]1CNCCN1C(=O)Nc1cccc(C#N)c1. The average molecular weight is 244 g/mol. The Kier molecular flexibility index (Phi) is 3.80. The number of hydrogen-bond acceptors (Lipinski definition) is 3. The van der Waals surface area contributed by atoms with Gasteiger partial charge >= 0.3 is 6.03 Å². The van der Waals surface area contributed by atoms with Crippen molar-refractivity contribution in [2.75, 3.05) is 25.0 Å². The average Bonchev–Trinajstić information content (AvgIpc) is 2.39. The Morgan fingerprint density at radius 2 is 2.44 bits per heavy atom. The summed E-state index contributed by atoms with van der Waals surface area (Å²) in [6, 6.07) is 9.05. The number of piperazine rings is 1. The third-order valence-electron chi connectivity index (χ3n) is 3.01. The van der Waals surface area contributed by atoms with Crippen molar-refractivity contribution in [2.24, 2.45) is 0 Å². The molecule has 5 nitrogen and oxygen atoms in total. The number of nitrogens with one attached hydrogen (secondary N) is 2. The monoisotopic (exact) mass is 244 g/mol. The minimum atomic E-state index is -0.112. The third kappa shape index (κ3) is 2.79. The Balaban J connectivity index is 2.04. The fourth-order valence-corrected chi connectivity index (χ4v) is 2.00. The molecule has 0 radical (unpaired) electrons. The first kappa shape index (κ1) is 12.4. The molecule has 2 amide bonds. The number of amides is 2. The van der Waals surface area contributed by atoms with E-state index in [4.69, 9.17) is 5.26 Å². The first-order valence-electron chi connectivity index (χ1n) is 5.99. The Morgan fingerprint density at radius 1 is 1.61 bits per heavy atom. The summed E-state index contributed by atoms with van der Waals surface area (Å²) in [4.78, 5) is 13.9. The molecule has 0 aliphatic carbocycles. The summed E-state index contributed by atoms with van der Waals surface area (Å²) in [7, 11) is 0. The first-order chi connectivity index (χ1) is 8.70. The van der Waals surface area contributed by atoms with Crippen molar-refractivity contribution in [3.63, 3.8) is 0 Å². The summed E-state index contributed by atoms with van der Waals surface area (Å²) < 4.78 is 0. The molecule has 0 aromatic heterocycles. The lowest BCUT2D eigenvalue weighted by molar-refractivity contribution is 0.177. The van der Waals surface area contributed by atoms with E-state index in [2.05, 4.69) is 16.7 Å². The molecule has 1 fully saturated rings. The Hall–Kier alpha value is -2.06. The number of nitriles is 1. The maximum Gasteiger partial charge on any atom is 0.322 e. The zero-order chi connectivity index (χ0) is 13.0. The van der Waals surface area contributed by atoms with Crippen LogP contribution in [0, 0.1) is 11.3 Å².